The number of benzene rings is 1. The Morgan fingerprint density at radius 1 is 1.17 bits per heavy atom. The van der Waals surface area contributed by atoms with Crippen LogP contribution in [0, 0.1) is 3.70 Å². The highest BCUT2D eigenvalue weighted by atomic mass is 127. The second-order valence-electron chi connectivity index (χ2n) is 6.15. The van der Waals surface area contributed by atoms with Crippen molar-refractivity contribution in [3.63, 3.8) is 0 Å². The maximum Gasteiger partial charge on any atom is 0.344 e. The fourth-order valence-electron chi connectivity index (χ4n) is 3.12. The van der Waals surface area contributed by atoms with Crippen molar-refractivity contribution in [2.24, 2.45) is 0 Å². The summed E-state index contributed by atoms with van der Waals surface area (Å²) in [4.78, 5) is 25.6. The van der Waals surface area contributed by atoms with Gasteiger partial charge in [0.15, 0.2) is 5.43 Å². The first-order chi connectivity index (χ1) is 13.8. The Bertz CT molecular complexity index is 1120. The summed E-state index contributed by atoms with van der Waals surface area (Å²) in [6, 6.07) is 8.36. The van der Waals surface area contributed by atoms with Crippen molar-refractivity contribution < 1.29 is 9.53 Å². The van der Waals surface area contributed by atoms with Gasteiger partial charge in [-0.25, -0.2) is 4.79 Å². The second-order valence-corrected chi connectivity index (χ2v) is 8.07. The highest BCUT2D eigenvalue weighted by molar-refractivity contribution is 14.1. The molecule has 152 valence electrons. The van der Waals surface area contributed by atoms with Crippen LogP contribution in [0.4, 0.5) is 0 Å². The maximum atomic E-state index is 13.0. The minimum atomic E-state index is -0.666. The third kappa shape index (κ3) is 4.67. The minimum absolute atomic E-state index is 0.0223. The lowest BCUT2D eigenvalue weighted by Gasteiger charge is -2.20. The molecule has 0 aliphatic rings. The number of carbonyl (C=O) groups excluding carboxylic acids is 1. The number of hydrogen-bond acceptors (Lipinski definition) is 4. The fraction of sp³-hybridized carbons (Fsp3) is 0.250. The first-order valence-electron chi connectivity index (χ1n) is 8.93. The lowest BCUT2D eigenvalue weighted by Crippen LogP contribution is -2.25. The van der Waals surface area contributed by atoms with Crippen LogP contribution in [0.1, 0.15) is 29.9 Å². The smallest absolute Gasteiger partial charge is 0.344 e. The predicted octanol–water partition coefficient (Wildman–Crippen LogP) is 4.87. The normalized spacial score (nSPS) is 10.9. The molecule has 0 radical (unpaired) electrons. The molecule has 2 aromatic heterocycles. The first-order valence-corrected chi connectivity index (χ1v) is 10.8. The molecule has 0 aliphatic heterocycles. The van der Waals surface area contributed by atoms with Crippen LogP contribution in [0.3, 0.4) is 0 Å². The van der Waals surface area contributed by atoms with Crippen LogP contribution < -0.4 is 5.43 Å². The summed E-state index contributed by atoms with van der Waals surface area (Å²) in [7, 11) is 0. The monoisotopic (exact) mass is 545 g/mol. The molecule has 0 aliphatic carbocycles. The molecular weight excluding hydrogens is 528 g/mol. The minimum Gasteiger partial charge on any atom is -0.462 e. The summed E-state index contributed by atoms with van der Waals surface area (Å²) in [6.45, 7) is 4.71. The molecule has 0 saturated heterocycles. The number of pyridine rings is 1. The first kappa shape index (κ1) is 21.9. The van der Waals surface area contributed by atoms with Gasteiger partial charge in [-0.15, -0.1) is 0 Å². The van der Waals surface area contributed by atoms with Crippen molar-refractivity contribution in [2.75, 3.05) is 6.61 Å². The van der Waals surface area contributed by atoms with Crippen LogP contribution in [0.2, 0.25) is 10.0 Å². The Morgan fingerprint density at radius 2 is 1.93 bits per heavy atom. The van der Waals surface area contributed by atoms with E-state index < -0.39 is 11.4 Å². The van der Waals surface area contributed by atoms with E-state index in [4.69, 9.17) is 27.9 Å². The molecule has 0 bridgehead atoms. The zero-order chi connectivity index (χ0) is 21.1. The Morgan fingerprint density at radius 3 is 2.52 bits per heavy atom. The topological polar surface area (TPSA) is 66.1 Å². The van der Waals surface area contributed by atoms with Crippen LogP contribution in [-0.4, -0.2) is 26.9 Å². The predicted molar refractivity (Wildman–Crippen MR) is 122 cm³/mol. The van der Waals surface area contributed by atoms with Crippen molar-refractivity contribution in [2.45, 2.75) is 26.9 Å². The summed E-state index contributed by atoms with van der Waals surface area (Å²) in [6.07, 6.45) is 1.84. The SMILES string of the molecule is CCOC(=O)c1c(-c2ccc(Cl)c(Cl)c2)n(CC)c(Cn2ccc(I)n2)cc1=O. The standard InChI is InChI=1S/C20H18Cl2IN3O3/c1-3-26-13(11-25-8-7-17(23)24-25)10-16(27)18(20(28)29-4-2)19(26)12-5-6-14(21)15(22)9-12/h5-10H,3-4,11H2,1-2H3. The molecule has 0 atom stereocenters. The zero-order valence-corrected chi connectivity index (χ0v) is 19.5. The van der Waals surface area contributed by atoms with Crippen LogP contribution in [0.25, 0.3) is 11.3 Å². The number of halogens is 3. The van der Waals surface area contributed by atoms with Crippen molar-refractivity contribution in [1.82, 2.24) is 14.3 Å². The number of esters is 1. The molecular formula is C20H18Cl2IN3O3. The summed E-state index contributed by atoms with van der Waals surface area (Å²) >= 11 is 14.4. The van der Waals surface area contributed by atoms with E-state index in [-0.39, 0.29) is 12.2 Å². The largest absolute Gasteiger partial charge is 0.462 e. The highest BCUT2D eigenvalue weighted by Gasteiger charge is 2.24. The second kappa shape index (κ2) is 9.32. The van der Waals surface area contributed by atoms with Gasteiger partial charge in [0.25, 0.3) is 0 Å². The number of hydrogen-bond donors (Lipinski definition) is 0. The van der Waals surface area contributed by atoms with Gasteiger partial charge in [-0.3, -0.25) is 9.48 Å². The Labute approximate surface area is 191 Å². The van der Waals surface area contributed by atoms with E-state index in [1.54, 1.807) is 29.8 Å². The highest BCUT2D eigenvalue weighted by Crippen LogP contribution is 2.31. The summed E-state index contributed by atoms with van der Waals surface area (Å²) in [5.41, 5.74) is 1.34. The molecule has 1 aromatic carbocycles. The van der Waals surface area contributed by atoms with Gasteiger partial charge in [0, 0.05) is 30.1 Å². The molecule has 0 unspecified atom stereocenters. The van der Waals surface area contributed by atoms with Crippen molar-refractivity contribution in [1.29, 1.82) is 0 Å². The number of carbonyl (C=O) groups is 1. The van der Waals surface area contributed by atoms with Crippen molar-refractivity contribution >= 4 is 51.8 Å². The number of nitrogens with zero attached hydrogens (tertiary/aromatic N) is 3. The summed E-state index contributed by atoms with van der Waals surface area (Å²) in [5, 5.41) is 5.11. The van der Waals surface area contributed by atoms with Gasteiger partial charge in [0.1, 0.15) is 9.26 Å². The summed E-state index contributed by atoms with van der Waals surface area (Å²) in [5.74, 6) is -0.666. The van der Waals surface area contributed by atoms with Crippen LogP contribution >= 0.6 is 45.8 Å². The van der Waals surface area contributed by atoms with Crippen molar-refractivity contribution in [3.05, 3.63) is 71.8 Å². The lowest BCUT2D eigenvalue weighted by atomic mass is 10.0. The summed E-state index contributed by atoms with van der Waals surface area (Å²) < 4.78 is 9.65. The molecule has 29 heavy (non-hydrogen) atoms. The van der Waals surface area contributed by atoms with Crippen molar-refractivity contribution in [3.8, 4) is 11.3 Å². The van der Waals surface area contributed by atoms with E-state index in [1.165, 1.54) is 6.07 Å². The van der Waals surface area contributed by atoms with E-state index in [2.05, 4.69) is 27.7 Å². The molecule has 9 heteroatoms. The molecule has 0 amide bonds. The van der Waals surface area contributed by atoms with Crippen LogP contribution in [0.5, 0.6) is 0 Å². The third-order valence-corrected chi connectivity index (χ3v) is 5.63. The molecule has 3 rings (SSSR count). The van der Waals surface area contributed by atoms with E-state index in [0.29, 0.717) is 40.1 Å². The molecule has 3 aromatic rings. The Balaban J connectivity index is 2.28. The lowest BCUT2D eigenvalue weighted by molar-refractivity contribution is 0.0525. The number of rotatable bonds is 6. The molecule has 2 heterocycles. The number of aromatic nitrogens is 3. The van der Waals surface area contributed by atoms with E-state index in [0.717, 1.165) is 3.70 Å². The fourth-order valence-corrected chi connectivity index (χ4v) is 3.86. The van der Waals surface area contributed by atoms with Gasteiger partial charge in [0.05, 0.1) is 28.9 Å². The Hall–Kier alpha value is -1.84. The van der Waals surface area contributed by atoms with Gasteiger partial charge in [-0.05, 0) is 54.6 Å². The van der Waals surface area contributed by atoms with Gasteiger partial charge in [0.2, 0.25) is 0 Å². The van der Waals surface area contributed by atoms with E-state index in [1.807, 2.05) is 23.8 Å². The zero-order valence-electron chi connectivity index (χ0n) is 15.8. The van der Waals surface area contributed by atoms with E-state index >= 15 is 0 Å². The molecule has 6 nitrogen and oxygen atoms in total. The van der Waals surface area contributed by atoms with Gasteiger partial charge >= 0.3 is 5.97 Å². The van der Waals surface area contributed by atoms with Crippen LogP contribution in [-0.2, 0) is 17.8 Å². The third-order valence-electron chi connectivity index (χ3n) is 4.32. The maximum absolute atomic E-state index is 13.0. The van der Waals surface area contributed by atoms with Gasteiger partial charge < -0.3 is 9.30 Å². The molecule has 0 saturated carbocycles. The molecule has 0 N–H and O–H groups in total. The Kier molecular flexibility index (Phi) is 7.02. The van der Waals surface area contributed by atoms with Gasteiger partial charge in [-0.1, -0.05) is 29.3 Å². The number of ether oxygens (including phenoxy) is 1. The molecule has 0 fully saturated rings. The average molecular weight is 546 g/mol. The van der Waals surface area contributed by atoms with E-state index in [9.17, 15) is 9.59 Å². The van der Waals surface area contributed by atoms with Gasteiger partial charge in [-0.2, -0.15) is 5.10 Å². The average Bonchev–Trinajstić information content (AvgIpc) is 3.08. The molecule has 0 spiro atoms. The quantitative estimate of drug-likeness (QED) is 0.327. The van der Waals surface area contributed by atoms with Crippen LogP contribution in [0.15, 0.2) is 41.3 Å².